The van der Waals surface area contributed by atoms with Crippen molar-refractivity contribution in [2.45, 2.75) is 18.7 Å². The van der Waals surface area contributed by atoms with Crippen LogP contribution in [0.5, 0.6) is 0 Å². The summed E-state index contributed by atoms with van der Waals surface area (Å²) in [6, 6.07) is 3.48. The van der Waals surface area contributed by atoms with E-state index in [1.54, 1.807) is 0 Å². The highest BCUT2D eigenvalue weighted by molar-refractivity contribution is 9.10. The first-order valence-electron chi connectivity index (χ1n) is 5.20. The van der Waals surface area contributed by atoms with E-state index < -0.39 is 30.4 Å². The first-order chi connectivity index (χ1) is 8.71. The summed E-state index contributed by atoms with van der Waals surface area (Å²) in [4.78, 5) is 11.5. The predicted molar refractivity (Wildman–Crippen MR) is 63.1 cm³/mol. The quantitative estimate of drug-likeness (QED) is 0.825. The third-order valence-electron chi connectivity index (χ3n) is 2.26. The van der Waals surface area contributed by atoms with Gasteiger partial charge < -0.3 is 10.4 Å². The SMILES string of the molecule is O=C(NCCC(O)C(F)(F)F)c1ccc(F)c(Br)c1. The predicted octanol–water partition coefficient (Wildman–Crippen LogP) is 2.63. The van der Waals surface area contributed by atoms with Crippen LogP contribution in [0.2, 0.25) is 0 Å². The smallest absolute Gasteiger partial charge is 0.384 e. The molecule has 106 valence electrons. The standard InChI is InChI=1S/C11H10BrF4NO2/c12-7-5-6(1-2-8(7)13)10(19)17-4-3-9(18)11(14,15)16/h1-2,5,9,18H,3-4H2,(H,17,19). The summed E-state index contributed by atoms with van der Waals surface area (Å²) >= 11 is 2.89. The van der Waals surface area contributed by atoms with Crippen molar-refractivity contribution < 1.29 is 27.5 Å². The summed E-state index contributed by atoms with van der Waals surface area (Å²) in [6.45, 7) is -0.339. The van der Waals surface area contributed by atoms with Crippen molar-refractivity contribution in [2.24, 2.45) is 0 Å². The minimum Gasteiger partial charge on any atom is -0.384 e. The van der Waals surface area contributed by atoms with Crippen LogP contribution in [-0.4, -0.2) is 29.8 Å². The Bertz CT molecular complexity index is 464. The molecule has 1 unspecified atom stereocenters. The van der Waals surface area contributed by atoms with Crippen LogP contribution < -0.4 is 5.32 Å². The number of hydrogen-bond acceptors (Lipinski definition) is 2. The van der Waals surface area contributed by atoms with E-state index in [4.69, 9.17) is 5.11 Å². The minimum absolute atomic E-state index is 0.0791. The third kappa shape index (κ3) is 4.79. The lowest BCUT2D eigenvalue weighted by Gasteiger charge is -2.14. The maximum absolute atomic E-state index is 12.9. The highest BCUT2D eigenvalue weighted by Gasteiger charge is 2.37. The van der Waals surface area contributed by atoms with Crippen molar-refractivity contribution in [3.8, 4) is 0 Å². The van der Waals surface area contributed by atoms with E-state index in [-0.39, 0.29) is 16.6 Å². The number of aliphatic hydroxyl groups is 1. The van der Waals surface area contributed by atoms with Crippen LogP contribution in [0.1, 0.15) is 16.8 Å². The van der Waals surface area contributed by atoms with E-state index in [0.717, 1.165) is 6.07 Å². The van der Waals surface area contributed by atoms with E-state index >= 15 is 0 Å². The van der Waals surface area contributed by atoms with Gasteiger partial charge in [0.1, 0.15) is 5.82 Å². The maximum Gasteiger partial charge on any atom is 0.414 e. The van der Waals surface area contributed by atoms with Gasteiger partial charge in [-0.1, -0.05) is 0 Å². The van der Waals surface area contributed by atoms with Gasteiger partial charge in [-0.3, -0.25) is 4.79 Å². The molecule has 19 heavy (non-hydrogen) atoms. The number of carbonyl (C=O) groups is 1. The third-order valence-corrected chi connectivity index (χ3v) is 2.87. The summed E-state index contributed by atoms with van der Waals surface area (Å²) in [5.41, 5.74) is 0.106. The molecule has 0 saturated heterocycles. The van der Waals surface area contributed by atoms with Gasteiger partial charge in [-0.05, 0) is 40.5 Å². The topological polar surface area (TPSA) is 49.3 Å². The molecule has 0 aliphatic heterocycles. The molecule has 8 heteroatoms. The Labute approximate surface area is 114 Å². The number of carbonyl (C=O) groups excluding carboxylic acids is 1. The van der Waals surface area contributed by atoms with Gasteiger partial charge in [0.2, 0.25) is 0 Å². The van der Waals surface area contributed by atoms with Gasteiger partial charge in [0, 0.05) is 12.1 Å². The molecular weight excluding hydrogens is 334 g/mol. The van der Waals surface area contributed by atoms with Crippen LogP contribution in [0.4, 0.5) is 17.6 Å². The second-order valence-electron chi connectivity index (χ2n) is 3.73. The van der Waals surface area contributed by atoms with Gasteiger partial charge in [-0.25, -0.2) is 4.39 Å². The molecule has 0 fully saturated rings. The lowest BCUT2D eigenvalue weighted by atomic mass is 10.2. The first-order valence-corrected chi connectivity index (χ1v) is 5.99. The number of aliphatic hydroxyl groups excluding tert-OH is 1. The fourth-order valence-electron chi connectivity index (χ4n) is 1.23. The second kappa shape index (κ2) is 6.33. The zero-order valence-corrected chi connectivity index (χ0v) is 11.1. The van der Waals surface area contributed by atoms with E-state index in [1.165, 1.54) is 12.1 Å². The number of halogens is 5. The molecule has 0 aliphatic carbocycles. The zero-order valence-electron chi connectivity index (χ0n) is 9.47. The molecule has 2 N–H and O–H groups in total. The van der Waals surface area contributed by atoms with E-state index in [9.17, 15) is 22.4 Å². The van der Waals surface area contributed by atoms with Gasteiger partial charge >= 0.3 is 6.18 Å². The Kier molecular flexibility index (Phi) is 5.30. The average molecular weight is 344 g/mol. The molecule has 0 saturated carbocycles. The Morgan fingerprint density at radius 1 is 1.42 bits per heavy atom. The highest BCUT2D eigenvalue weighted by atomic mass is 79.9. The van der Waals surface area contributed by atoms with Crippen molar-refractivity contribution >= 4 is 21.8 Å². The number of benzene rings is 1. The Morgan fingerprint density at radius 2 is 2.05 bits per heavy atom. The van der Waals surface area contributed by atoms with E-state index in [1.807, 2.05) is 0 Å². The van der Waals surface area contributed by atoms with Gasteiger partial charge in [0.15, 0.2) is 6.10 Å². The fraction of sp³-hybridized carbons (Fsp3) is 0.364. The fourth-order valence-corrected chi connectivity index (χ4v) is 1.60. The molecule has 1 aromatic carbocycles. The second-order valence-corrected chi connectivity index (χ2v) is 4.59. The molecule has 1 rings (SSSR count). The molecule has 0 heterocycles. The average Bonchev–Trinajstić information content (AvgIpc) is 2.31. The molecule has 0 bridgehead atoms. The number of alkyl halides is 3. The van der Waals surface area contributed by atoms with Crippen LogP contribution >= 0.6 is 15.9 Å². The lowest BCUT2D eigenvalue weighted by molar-refractivity contribution is -0.204. The Balaban J connectivity index is 2.50. The van der Waals surface area contributed by atoms with Gasteiger partial charge in [0.25, 0.3) is 5.91 Å². The normalized spacial score (nSPS) is 13.2. The molecule has 0 aromatic heterocycles. The van der Waals surface area contributed by atoms with Crippen LogP contribution in [-0.2, 0) is 0 Å². The van der Waals surface area contributed by atoms with Gasteiger partial charge in [-0.15, -0.1) is 0 Å². The highest BCUT2D eigenvalue weighted by Crippen LogP contribution is 2.21. The van der Waals surface area contributed by atoms with E-state index in [2.05, 4.69) is 21.2 Å². The summed E-state index contributed by atoms with van der Waals surface area (Å²) in [5.74, 6) is -1.20. The number of nitrogens with one attached hydrogen (secondary N) is 1. The van der Waals surface area contributed by atoms with Crippen LogP contribution in [0, 0.1) is 5.82 Å². The summed E-state index contributed by atoms with van der Waals surface area (Å²) in [5, 5.41) is 10.9. The van der Waals surface area contributed by atoms with Crippen molar-refractivity contribution in [3.63, 3.8) is 0 Å². The lowest BCUT2D eigenvalue weighted by Crippen LogP contribution is -2.34. The number of hydrogen-bond donors (Lipinski definition) is 2. The van der Waals surface area contributed by atoms with Gasteiger partial charge in [-0.2, -0.15) is 13.2 Å². The zero-order chi connectivity index (χ0) is 14.6. The monoisotopic (exact) mass is 343 g/mol. The molecule has 0 radical (unpaired) electrons. The molecule has 1 amide bonds. The minimum atomic E-state index is -4.70. The molecule has 0 aliphatic rings. The number of amides is 1. The summed E-state index contributed by atoms with van der Waals surface area (Å²) in [6.07, 6.45) is -7.82. The maximum atomic E-state index is 12.9. The van der Waals surface area contributed by atoms with Crippen molar-refractivity contribution in [1.29, 1.82) is 0 Å². The molecule has 3 nitrogen and oxygen atoms in total. The van der Waals surface area contributed by atoms with Crippen LogP contribution in [0.25, 0.3) is 0 Å². The number of rotatable bonds is 4. The molecule has 1 atom stereocenters. The van der Waals surface area contributed by atoms with Crippen LogP contribution in [0.15, 0.2) is 22.7 Å². The first kappa shape index (κ1) is 15.9. The van der Waals surface area contributed by atoms with Gasteiger partial charge in [0.05, 0.1) is 4.47 Å². The Morgan fingerprint density at radius 3 is 2.58 bits per heavy atom. The molecule has 1 aromatic rings. The van der Waals surface area contributed by atoms with Crippen molar-refractivity contribution in [1.82, 2.24) is 5.32 Å². The van der Waals surface area contributed by atoms with Crippen molar-refractivity contribution in [3.05, 3.63) is 34.1 Å². The largest absolute Gasteiger partial charge is 0.414 e. The van der Waals surface area contributed by atoms with Crippen LogP contribution in [0.3, 0.4) is 0 Å². The Hall–Kier alpha value is -1.15. The molecular formula is C11H10BrF4NO2. The summed E-state index contributed by atoms with van der Waals surface area (Å²) in [7, 11) is 0. The summed E-state index contributed by atoms with van der Waals surface area (Å²) < 4.78 is 48.9. The van der Waals surface area contributed by atoms with E-state index in [0.29, 0.717) is 0 Å². The van der Waals surface area contributed by atoms with Crippen molar-refractivity contribution in [2.75, 3.05) is 6.54 Å². The molecule has 0 spiro atoms.